The van der Waals surface area contributed by atoms with Crippen LogP contribution in [0.4, 0.5) is 13.2 Å². The van der Waals surface area contributed by atoms with Gasteiger partial charge in [-0.1, -0.05) is 13.8 Å². The zero-order valence-electron chi connectivity index (χ0n) is 11.2. The van der Waals surface area contributed by atoms with Crippen LogP contribution in [-0.2, 0) is 6.42 Å². The quantitative estimate of drug-likeness (QED) is 0.812. The van der Waals surface area contributed by atoms with Crippen molar-refractivity contribution in [1.82, 2.24) is 10.3 Å². The number of aromatic amines is 1. The normalized spacial score (nSPS) is 13.2. The highest BCUT2D eigenvalue weighted by atomic mass is 19.2. The molecule has 2 N–H and O–H groups in total. The third kappa shape index (κ3) is 2.12. The van der Waals surface area contributed by atoms with Gasteiger partial charge in [0.25, 0.3) is 0 Å². The van der Waals surface area contributed by atoms with Crippen molar-refractivity contribution >= 4 is 10.9 Å². The molecule has 0 spiro atoms. The van der Waals surface area contributed by atoms with Crippen LogP contribution in [0.15, 0.2) is 6.07 Å². The van der Waals surface area contributed by atoms with Gasteiger partial charge in [0.05, 0.1) is 5.52 Å². The molecule has 0 saturated carbocycles. The molecule has 0 aliphatic rings. The number of rotatable bonds is 4. The molecule has 0 aliphatic heterocycles. The predicted octanol–water partition coefficient (Wildman–Crippen LogP) is 3.82. The molecule has 1 aromatic heterocycles. The van der Waals surface area contributed by atoms with Gasteiger partial charge in [-0.3, -0.25) is 0 Å². The second-order valence-corrected chi connectivity index (χ2v) is 4.52. The number of benzene rings is 1. The molecule has 2 aromatic rings. The smallest absolute Gasteiger partial charge is 0.168 e. The van der Waals surface area contributed by atoms with Crippen molar-refractivity contribution in [3.63, 3.8) is 0 Å². The predicted molar refractivity (Wildman–Crippen MR) is 69.6 cm³/mol. The number of fused-ring (bicyclic) bond motifs is 1. The molecule has 5 heteroatoms. The van der Waals surface area contributed by atoms with Crippen LogP contribution < -0.4 is 5.32 Å². The Morgan fingerprint density at radius 3 is 2.42 bits per heavy atom. The summed E-state index contributed by atoms with van der Waals surface area (Å²) in [5, 5.41) is 3.08. The van der Waals surface area contributed by atoms with Crippen molar-refractivity contribution in [3.8, 4) is 0 Å². The van der Waals surface area contributed by atoms with E-state index in [1.807, 2.05) is 13.8 Å². The fourth-order valence-electron chi connectivity index (χ4n) is 2.56. The monoisotopic (exact) mass is 270 g/mol. The van der Waals surface area contributed by atoms with Crippen LogP contribution in [0.3, 0.4) is 0 Å². The zero-order valence-corrected chi connectivity index (χ0v) is 11.2. The Hall–Kier alpha value is -1.49. The highest BCUT2D eigenvalue weighted by molar-refractivity contribution is 5.86. The third-order valence-electron chi connectivity index (χ3n) is 3.50. The Kier molecular flexibility index (Phi) is 3.85. The van der Waals surface area contributed by atoms with E-state index in [4.69, 9.17) is 0 Å². The fourth-order valence-corrected chi connectivity index (χ4v) is 2.56. The average Bonchev–Trinajstić information content (AvgIpc) is 2.78. The zero-order chi connectivity index (χ0) is 14.2. The number of halogens is 3. The number of nitrogens with one attached hydrogen (secondary N) is 2. The van der Waals surface area contributed by atoms with Crippen molar-refractivity contribution in [2.75, 3.05) is 7.05 Å². The van der Waals surface area contributed by atoms with Gasteiger partial charge in [0.2, 0.25) is 0 Å². The first-order valence-corrected chi connectivity index (χ1v) is 6.40. The number of aryl methyl sites for hydroxylation is 1. The summed E-state index contributed by atoms with van der Waals surface area (Å²) in [6, 6.07) is 0.442. The summed E-state index contributed by atoms with van der Waals surface area (Å²) in [5.74, 6) is -2.91. The molecule has 1 heterocycles. The van der Waals surface area contributed by atoms with E-state index in [2.05, 4.69) is 10.3 Å². The number of hydrogen-bond acceptors (Lipinski definition) is 1. The molecule has 19 heavy (non-hydrogen) atoms. The van der Waals surface area contributed by atoms with Crippen molar-refractivity contribution in [2.45, 2.75) is 32.7 Å². The van der Waals surface area contributed by atoms with Crippen LogP contribution >= 0.6 is 0 Å². The van der Waals surface area contributed by atoms with Crippen molar-refractivity contribution in [3.05, 3.63) is 34.8 Å². The highest BCUT2D eigenvalue weighted by Gasteiger charge is 2.24. The maximum Gasteiger partial charge on any atom is 0.168 e. The lowest BCUT2D eigenvalue weighted by Crippen LogP contribution is -2.16. The number of hydrogen-bond donors (Lipinski definition) is 2. The van der Waals surface area contributed by atoms with Crippen LogP contribution in [0.1, 0.15) is 37.6 Å². The molecule has 0 amide bonds. The van der Waals surface area contributed by atoms with Crippen LogP contribution in [-0.4, -0.2) is 12.0 Å². The largest absolute Gasteiger partial charge is 0.356 e. The van der Waals surface area contributed by atoms with Crippen LogP contribution in [0.5, 0.6) is 0 Å². The van der Waals surface area contributed by atoms with Crippen LogP contribution in [0.2, 0.25) is 0 Å². The summed E-state index contributed by atoms with van der Waals surface area (Å²) in [5.41, 5.74) is 1.40. The highest BCUT2D eigenvalue weighted by Crippen LogP contribution is 2.34. The molecule has 1 atom stereocenters. The molecule has 0 fully saturated rings. The Morgan fingerprint density at radius 1 is 1.21 bits per heavy atom. The van der Waals surface area contributed by atoms with Gasteiger partial charge in [0, 0.05) is 28.8 Å². The van der Waals surface area contributed by atoms with Gasteiger partial charge >= 0.3 is 0 Å². The molecule has 0 saturated heterocycles. The number of H-pyrrole nitrogens is 1. The molecule has 1 unspecified atom stereocenters. The molecule has 104 valence electrons. The van der Waals surface area contributed by atoms with E-state index in [1.165, 1.54) is 0 Å². The minimum Gasteiger partial charge on any atom is -0.356 e. The maximum absolute atomic E-state index is 14.0. The van der Waals surface area contributed by atoms with Gasteiger partial charge in [-0.2, -0.15) is 0 Å². The molecule has 0 bridgehead atoms. The molecular formula is C14H17F3N2. The minimum atomic E-state index is -1.15. The van der Waals surface area contributed by atoms with Crippen LogP contribution in [0, 0.1) is 17.5 Å². The van der Waals surface area contributed by atoms with Gasteiger partial charge in [-0.15, -0.1) is 0 Å². The van der Waals surface area contributed by atoms with Gasteiger partial charge in [0.1, 0.15) is 5.82 Å². The standard InChI is InChI=1S/C14H17F3N2/c1-4-9(18-3)11-10(5-2)19-14-8(16)6-7(15)13(17)12(11)14/h6,9,18-19H,4-5H2,1-3H3. The third-order valence-corrected chi connectivity index (χ3v) is 3.50. The Bertz CT molecular complexity index is 600. The molecule has 2 nitrogen and oxygen atoms in total. The lowest BCUT2D eigenvalue weighted by atomic mass is 9.99. The van der Waals surface area contributed by atoms with E-state index in [-0.39, 0.29) is 16.9 Å². The van der Waals surface area contributed by atoms with E-state index < -0.39 is 17.5 Å². The summed E-state index contributed by atoms with van der Waals surface area (Å²) in [4.78, 5) is 2.88. The SMILES string of the molecule is CCc1[nH]c2c(F)cc(F)c(F)c2c1C(CC)NC. The summed E-state index contributed by atoms with van der Waals surface area (Å²) >= 11 is 0. The second kappa shape index (κ2) is 5.25. The lowest BCUT2D eigenvalue weighted by molar-refractivity contribution is 0.503. The summed E-state index contributed by atoms with van der Waals surface area (Å²) < 4.78 is 41.2. The van der Waals surface area contributed by atoms with Gasteiger partial charge in [-0.25, -0.2) is 13.2 Å². The second-order valence-electron chi connectivity index (χ2n) is 4.52. The topological polar surface area (TPSA) is 27.8 Å². The van der Waals surface area contributed by atoms with E-state index in [1.54, 1.807) is 7.05 Å². The van der Waals surface area contributed by atoms with Crippen molar-refractivity contribution in [2.24, 2.45) is 0 Å². The van der Waals surface area contributed by atoms with Crippen LogP contribution in [0.25, 0.3) is 10.9 Å². The Labute approximate surface area is 110 Å². The lowest BCUT2D eigenvalue weighted by Gasteiger charge is -2.15. The number of aromatic nitrogens is 1. The van der Waals surface area contributed by atoms with Crippen molar-refractivity contribution in [1.29, 1.82) is 0 Å². The van der Waals surface area contributed by atoms with E-state index in [0.29, 0.717) is 24.5 Å². The van der Waals surface area contributed by atoms with E-state index in [9.17, 15) is 13.2 Å². The minimum absolute atomic E-state index is 0.0237. The Balaban J connectivity index is 2.86. The summed E-state index contributed by atoms with van der Waals surface area (Å²) in [6.45, 7) is 3.83. The molecular weight excluding hydrogens is 253 g/mol. The van der Waals surface area contributed by atoms with E-state index in [0.717, 1.165) is 5.69 Å². The summed E-state index contributed by atoms with van der Waals surface area (Å²) in [7, 11) is 1.75. The average molecular weight is 270 g/mol. The van der Waals surface area contributed by atoms with Gasteiger partial charge < -0.3 is 10.3 Å². The van der Waals surface area contributed by atoms with E-state index >= 15 is 0 Å². The molecule has 1 aromatic carbocycles. The molecule has 2 rings (SSSR count). The first kappa shape index (κ1) is 13.9. The van der Waals surface area contributed by atoms with Gasteiger partial charge in [-0.05, 0) is 19.9 Å². The van der Waals surface area contributed by atoms with Gasteiger partial charge in [0.15, 0.2) is 11.6 Å². The Morgan fingerprint density at radius 2 is 1.89 bits per heavy atom. The molecule has 0 aliphatic carbocycles. The first-order valence-electron chi connectivity index (χ1n) is 6.40. The first-order chi connectivity index (χ1) is 9.04. The van der Waals surface area contributed by atoms with Crippen molar-refractivity contribution < 1.29 is 13.2 Å². The molecule has 0 radical (unpaired) electrons. The summed E-state index contributed by atoms with van der Waals surface area (Å²) in [6.07, 6.45) is 1.30. The maximum atomic E-state index is 14.0. The fraction of sp³-hybridized carbons (Fsp3) is 0.429.